The number of hydrogen-bond donors (Lipinski definition) is 1. The predicted molar refractivity (Wildman–Crippen MR) is 75.9 cm³/mol. The number of halogens is 1. The van der Waals surface area contributed by atoms with E-state index in [-0.39, 0.29) is 0 Å². The Kier molecular flexibility index (Phi) is 4.62. The Morgan fingerprint density at radius 2 is 1.94 bits per heavy atom. The molecule has 3 heteroatoms. The summed E-state index contributed by atoms with van der Waals surface area (Å²) < 4.78 is 5.12. The molecule has 2 aromatic carbocycles. The summed E-state index contributed by atoms with van der Waals surface area (Å²) in [6.45, 7) is 1.34. The molecule has 0 unspecified atom stereocenters. The third-order valence-corrected chi connectivity index (χ3v) is 3.05. The summed E-state index contributed by atoms with van der Waals surface area (Å²) in [5.74, 6) is 0. The number of nitrogens with one attached hydrogen (secondary N) is 1. The van der Waals surface area contributed by atoms with E-state index in [2.05, 4.69) is 11.4 Å². The van der Waals surface area contributed by atoms with Gasteiger partial charge in [0.2, 0.25) is 0 Å². The smallest absolute Gasteiger partial charge is 0.0713 e. The Balaban J connectivity index is 2.02. The molecule has 0 aliphatic heterocycles. The van der Waals surface area contributed by atoms with E-state index in [0.717, 1.165) is 28.4 Å². The van der Waals surface area contributed by atoms with Crippen molar-refractivity contribution >= 4 is 17.3 Å². The van der Waals surface area contributed by atoms with E-state index in [1.54, 1.807) is 7.11 Å². The van der Waals surface area contributed by atoms with Crippen LogP contribution in [0.3, 0.4) is 0 Å². The lowest BCUT2D eigenvalue weighted by molar-refractivity contribution is 0.185. The number of rotatable bonds is 5. The normalized spacial score (nSPS) is 10.3. The second-order valence-electron chi connectivity index (χ2n) is 4.08. The Hall–Kier alpha value is -1.51. The van der Waals surface area contributed by atoms with Gasteiger partial charge in [0.1, 0.15) is 0 Å². The van der Waals surface area contributed by atoms with Crippen LogP contribution in [0.4, 0.5) is 5.69 Å². The first-order chi connectivity index (χ1) is 8.79. The lowest BCUT2D eigenvalue weighted by Gasteiger charge is -2.09. The molecule has 0 bridgehead atoms. The molecule has 0 amide bonds. The van der Waals surface area contributed by atoms with Crippen molar-refractivity contribution in [1.29, 1.82) is 0 Å². The van der Waals surface area contributed by atoms with E-state index in [0.29, 0.717) is 6.61 Å². The van der Waals surface area contributed by atoms with Crippen LogP contribution in [0.1, 0.15) is 11.1 Å². The van der Waals surface area contributed by atoms with E-state index in [9.17, 15) is 0 Å². The predicted octanol–water partition coefficient (Wildman–Crippen LogP) is 4.10. The maximum absolute atomic E-state index is 6.11. The van der Waals surface area contributed by atoms with Crippen molar-refractivity contribution in [2.75, 3.05) is 12.4 Å². The fraction of sp³-hybridized carbons (Fsp3) is 0.200. The highest BCUT2D eigenvalue weighted by Gasteiger charge is 1.99. The van der Waals surface area contributed by atoms with Crippen LogP contribution in [0.15, 0.2) is 48.5 Å². The molecular weight excluding hydrogens is 246 g/mol. The standard InChI is InChI=1S/C15H16ClNO/c1-18-11-12-5-4-7-14(9-12)17-10-13-6-2-3-8-15(13)16/h2-9,17H,10-11H2,1H3. The van der Waals surface area contributed by atoms with E-state index in [1.807, 2.05) is 42.5 Å². The van der Waals surface area contributed by atoms with Crippen LogP contribution in [-0.2, 0) is 17.9 Å². The zero-order valence-electron chi connectivity index (χ0n) is 10.3. The number of methoxy groups -OCH3 is 1. The Bertz CT molecular complexity index is 513. The molecule has 0 fully saturated rings. The first-order valence-electron chi connectivity index (χ1n) is 5.85. The zero-order valence-corrected chi connectivity index (χ0v) is 11.1. The quantitative estimate of drug-likeness (QED) is 0.875. The molecular formula is C15H16ClNO. The molecule has 18 heavy (non-hydrogen) atoms. The van der Waals surface area contributed by atoms with E-state index < -0.39 is 0 Å². The van der Waals surface area contributed by atoms with Crippen molar-refractivity contribution in [3.8, 4) is 0 Å². The van der Waals surface area contributed by atoms with Gasteiger partial charge in [-0.1, -0.05) is 41.9 Å². The fourth-order valence-corrected chi connectivity index (χ4v) is 1.98. The summed E-state index contributed by atoms with van der Waals surface area (Å²) >= 11 is 6.11. The van der Waals surface area contributed by atoms with Crippen molar-refractivity contribution in [3.05, 3.63) is 64.7 Å². The van der Waals surface area contributed by atoms with Gasteiger partial charge in [-0.2, -0.15) is 0 Å². The minimum atomic E-state index is 0.627. The Labute approximate surface area is 113 Å². The highest BCUT2D eigenvalue weighted by Crippen LogP contribution is 2.17. The van der Waals surface area contributed by atoms with Crippen LogP contribution in [-0.4, -0.2) is 7.11 Å². The largest absolute Gasteiger partial charge is 0.381 e. The first kappa shape index (κ1) is 12.9. The molecule has 0 aliphatic carbocycles. The van der Waals surface area contributed by atoms with E-state index >= 15 is 0 Å². The molecule has 0 heterocycles. The molecule has 2 aromatic rings. The monoisotopic (exact) mass is 261 g/mol. The second-order valence-corrected chi connectivity index (χ2v) is 4.49. The number of hydrogen-bond acceptors (Lipinski definition) is 2. The molecule has 2 nitrogen and oxygen atoms in total. The lowest BCUT2D eigenvalue weighted by atomic mass is 10.2. The Morgan fingerprint density at radius 1 is 1.11 bits per heavy atom. The maximum atomic E-state index is 6.11. The third-order valence-electron chi connectivity index (χ3n) is 2.68. The van der Waals surface area contributed by atoms with E-state index in [1.165, 1.54) is 0 Å². The molecule has 0 saturated carbocycles. The van der Waals surface area contributed by atoms with Crippen LogP contribution < -0.4 is 5.32 Å². The van der Waals surface area contributed by atoms with Gasteiger partial charge in [0.25, 0.3) is 0 Å². The van der Waals surface area contributed by atoms with Gasteiger partial charge in [-0.05, 0) is 29.3 Å². The summed E-state index contributed by atoms with van der Waals surface area (Å²) in [5.41, 5.74) is 3.32. The lowest BCUT2D eigenvalue weighted by Crippen LogP contribution is -2.00. The minimum Gasteiger partial charge on any atom is -0.381 e. The summed E-state index contributed by atoms with van der Waals surface area (Å²) in [6.07, 6.45) is 0. The van der Waals surface area contributed by atoms with Gasteiger partial charge in [-0.25, -0.2) is 0 Å². The topological polar surface area (TPSA) is 21.3 Å². The average molecular weight is 262 g/mol. The average Bonchev–Trinajstić information content (AvgIpc) is 2.39. The van der Waals surface area contributed by atoms with Crippen molar-refractivity contribution in [3.63, 3.8) is 0 Å². The van der Waals surface area contributed by atoms with Crippen LogP contribution in [0.5, 0.6) is 0 Å². The molecule has 0 atom stereocenters. The van der Waals surface area contributed by atoms with Gasteiger partial charge in [0.15, 0.2) is 0 Å². The van der Waals surface area contributed by atoms with Gasteiger partial charge in [0, 0.05) is 24.4 Å². The van der Waals surface area contributed by atoms with Crippen LogP contribution in [0, 0.1) is 0 Å². The molecule has 2 rings (SSSR count). The molecule has 0 saturated heterocycles. The summed E-state index contributed by atoms with van der Waals surface area (Å²) in [7, 11) is 1.70. The molecule has 94 valence electrons. The molecule has 0 aliphatic rings. The van der Waals surface area contributed by atoms with Crippen LogP contribution in [0.25, 0.3) is 0 Å². The molecule has 0 radical (unpaired) electrons. The summed E-state index contributed by atoms with van der Waals surface area (Å²) in [6, 6.07) is 16.0. The van der Waals surface area contributed by atoms with Gasteiger partial charge < -0.3 is 10.1 Å². The minimum absolute atomic E-state index is 0.627. The van der Waals surface area contributed by atoms with Gasteiger partial charge in [-0.3, -0.25) is 0 Å². The van der Waals surface area contributed by atoms with Crippen molar-refractivity contribution in [1.82, 2.24) is 0 Å². The number of benzene rings is 2. The highest BCUT2D eigenvalue weighted by molar-refractivity contribution is 6.31. The maximum Gasteiger partial charge on any atom is 0.0713 e. The van der Waals surface area contributed by atoms with Crippen LogP contribution in [0.2, 0.25) is 5.02 Å². The molecule has 0 spiro atoms. The summed E-state index contributed by atoms with van der Waals surface area (Å²) in [4.78, 5) is 0. The third kappa shape index (κ3) is 3.49. The zero-order chi connectivity index (χ0) is 12.8. The second kappa shape index (κ2) is 6.43. The fourth-order valence-electron chi connectivity index (χ4n) is 1.78. The highest BCUT2D eigenvalue weighted by atomic mass is 35.5. The van der Waals surface area contributed by atoms with Crippen molar-refractivity contribution in [2.24, 2.45) is 0 Å². The van der Waals surface area contributed by atoms with Gasteiger partial charge >= 0.3 is 0 Å². The Morgan fingerprint density at radius 3 is 2.72 bits per heavy atom. The number of ether oxygens (including phenoxy) is 1. The van der Waals surface area contributed by atoms with Gasteiger partial charge in [-0.15, -0.1) is 0 Å². The van der Waals surface area contributed by atoms with Crippen molar-refractivity contribution in [2.45, 2.75) is 13.2 Å². The molecule has 0 aromatic heterocycles. The van der Waals surface area contributed by atoms with Gasteiger partial charge in [0.05, 0.1) is 6.61 Å². The number of anilines is 1. The first-order valence-corrected chi connectivity index (χ1v) is 6.22. The SMILES string of the molecule is COCc1cccc(NCc2ccccc2Cl)c1. The van der Waals surface area contributed by atoms with Crippen LogP contribution >= 0.6 is 11.6 Å². The van der Waals surface area contributed by atoms with Crippen molar-refractivity contribution < 1.29 is 4.74 Å². The summed E-state index contributed by atoms with van der Waals surface area (Å²) in [5, 5.41) is 4.15. The molecule has 1 N–H and O–H groups in total. The van der Waals surface area contributed by atoms with E-state index in [4.69, 9.17) is 16.3 Å².